The Bertz CT molecular complexity index is 913. The first-order valence-electron chi connectivity index (χ1n) is 9.55. The molecule has 0 unspecified atom stereocenters. The molecular weight excluding hydrogens is 387 g/mol. The predicted molar refractivity (Wildman–Crippen MR) is 99.1 cm³/mol. The predicted octanol–water partition coefficient (Wildman–Crippen LogP) is 2.77. The zero-order valence-electron chi connectivity index (χ0n) is 15.8. The Kier molecular flexibility index (Phi) is 4.83. The van der Waals surface area contributed by atoms with Crippen molar-refractivity contribution in [1.29, 1.82) is 0 Å². The lowest BCUT2D eigenvalue weighted by Crippen LogP contribution is -2.43. The van der Waals surface area contributed by atoms with E-state index in [4.69, 9.17) is 5.73 Å². The van der Waals surface area contributed by atoms with Crippen LogP contribution in [-0.4, -0.2) is 31.7 Å². The molecule has 2 aliphatic carbocycles. The number of aryl methyl sites for hydroxylation is 1. The number of hydrogen-bond donors (Lipinski definition) is 3. The van der Waals surface area contributed by atoms with Gasteiger partial charge in [-0.1, -0.05) is 0 Å². The van der Waals surface area contributed by atoms with E-state index in [0.29, 0.717) is 12.2 Å². The molecule has 0 aliphatic heterocycles. The number of amides is 1. The highest BCUT2D eigenvalue weighted by Crippen LogP contribution is 2.50. The monoisotopic (exact) mass is 409 g/mol. The second-order valence-electron chi connectivity index (χ2n) is 7.59. The Morgan fingerprint density at radius 2 is 2.07 bits per heavy atom. The Labute approximate surface area is 165 Å². The van der Waals surface area contributed by atoms with E-state index in [9.17, 15) is 18.0 Å². The summed E-state index contributed by atoms with van der Waals surface area (Å²) in [6.45, 7) is 2.57. The lowest BCUT2D eigenvalue weighted by atomic mass is 9.84. The molecule has 2 saturated carbocycles. The van der Waals surface area contributed by atoms with Crippen LogP contribution in [0.15, 0.2) is 18.6 Å². The molecule has 0 saturated heterocycles. The van der Waals surface area contributed by atoms with Gasteiger partial charge in [0.15, 0.2) is 0 Å². The van der Waals surface area contributed by atoms with Gasteiger partial charge in [0.05, 0.1) is 17.8 Å². The molecule has 2 fully saturated rings. The van der Waals surface area contributed by atoms with Gasteiger partial charge in [0.1, 0.15) is 11.4 Å². The number of primary amides is 1. The highest BCUT2D eigenvalue weighted by molar-refractivity contribution is 5.79. The molecule has 8 nitrogen and oxygen atoms in total. The summed E-state index contributed by atoms with van der Waals surface area (Å²) in [4.78, 5) is 19.8. The summed E-state index contributed by atoms with van der Waals surface area (Å²) in [6.07, 6.45) is 1.88. The maximum atomic E-state index is 13.5. The van der Waals surface area contributed by atoms with Crippen LogP contribution in [0.25, 0.3) is 0 Å². The van der Waals surface area contributed by atoms with Gasteiger partial charge >= 0.3 is 6.18 Å². The second kappa shape index (κ2) is 7.20. The van der Waals surface area contributed by atoms with Crippen molar-refractivity contribution in [3.8, 4) is 0 Å². The Hall–Kier alpha value is -2.85. The zero-order valence-corrected chi connectivity index (χ0v) is 15.8. The van der Waals surface area contributed by atoms with Gasteiger partial charge in [-0.15, -0.1) is 0 Å². The molecule has 0 aromatic carbocycles. The van der Waals surface area contributed by atoms with Crippen LogP contribution in [0.2, 0.25) is 0 Å². The van der Waals surface area contributed by atoms with Crippen LogP contribution in [-0.2, 0) is 17.5 Å². The molecule has 156 valence electrons. The maximum absolute atomic E-state index is 13.5. The van der Waals surface area contributed by atoms with Crippen molar-refractivity contribution in [1.82, 2.24) is 19.7 Å². The topological polar surface area (TPSA) is 111 Å². The Morgan fingerprint density at radius 3 is 2.72 bits per heavy atom. The summed E-state index contributed by atoms with van der Waals surface area (Å²) < 4.78 is 42.2. The normalized spacial score (nSPS) is 25.9. The molecule has 2 bridgehead atoms. The van der Waals surface area contributed by atoms with Gasteiger partial charge in [-0.2, -0.15) is 23.3 Å². The second-order valence-corrected chi connectivity index (χ2v) is 7.59. The van der Waals surface area contributed by atoms with Gasteiger partial charge in [0, 0.05) is 25.0 Å². The van der Waals surface area contributed by atoms with E-state index in [-0.39, 0.29) is 23.6 Å². The first-order valence-corrected chi connectivity index (χ1v) is 9.55. The number of anilines is 3. The van der Waals surface area contributed by atoms with Gasteiger partial charge < -0.3 is 16.4 Å². The molecule has 4 rings (SSSR count). The van der Waals surface area contributed by atoms with Gasteiger partial charge in [-0.3, -0.25) is 9.48 Å². The summed E-state index contributed by atoms with van der Waals surface area (Å²) in [5, 5.41) is 9.85. The number of hydrogen-bond acceptors (Lipinski definition) is 6. The fraction of sp³-hybridized carbons (Fsp3) is 0.556. The van der Waals surface area contributed by atoms with E-state index in [1.807, 2.05) is 6.92 Å². The van der Waals surface area contributed by atoms with E-state index in [1.165, 1.54) is 6.20 Å². The number of carbonyl (C=O) groups excluding carboxylic acids is 1. The van der Waals surface area contributed by atoms with Gasteiger partial charge in [-0.25, -0.2) is 4.98 Å². The summed E-state index contributed by atoms with van der Waals surface area (Å²) in [5.74, 6) is -1.10. The molecule has 11 heteroatoms. The Morgan fingerprint density at radius 1 is 1.31 bits per heavy atom. The van der Waals surface area contributed by atoms with Gasteiger partial charge in [-0.05, 0) is 38.0 Å². The van der Waals surface area contributed by atoms with Crippen molar-refractivity contribution in [3.63, 3.8) is 0 Å². The molecule has 4 atom stereocenters. The highest BCUT2D eigenvalue weighted by atomic mass is 19.4. The van der Waals surface area contributed by atoms with Gasteiger partial charge in [0.2, 0.25) is 11.9 Å². The number of nitrogens with zero attached hydrogens (tertiary/aromatic N) is 4. The van der Waals surface area contributed by atoms with Crippen molar-refractivity contribution < 1.29 is 18.0 Å². The third-order valence-electron chi connectivity index (χ3n) is 5.86. The van der Waals surface area contributed by atoms with E-state index < -0.39 is 29.6 Å². The average molecular weight is 409 g/mol. The van der Waals surface area contributed by atoms with Crippen LogP contribution in [0.5, 0.6) is 0 Å². The number of nitrogens with one attached hydrogen (secondary N) is 2. The standard InChI is InChI=1S/C18H22F3N7O/c1-2-28-8-11(6-24-28)25-17-23-7-12(18(19,20)21)16(27-17)26-14-10-4-3-9(5-10)13(14)15(22)29/h6-10,13-14H,2-5H2,1H3,(H2,22,29)(H2,23,25,26,27)/t9-,10+,13+,14-/m1/s1. The fourth-order valence-electron chi connectivity index (χ4n) is 4.56. The SMILES string of the molecule is CCn1cc(Nc2ncc(C(F)(F)F)c(N[C@@H]3[C@H]4CC[C@H](C4)[C@@H]3C(N)=O)n2)cn1. The van der Waals surface area contributed by atoms with Crippen LogP contribution < -0.4 is 16.4 Å². The quantitative estimate of drug-likeness (QED) is 0.677. The van der Waals surface area contributed by atoms with Crippen LogP contribution in [0, 0.1) is 17.8 Å². The first-order chi connectivity index (χ1) is 13.8. The summed E-state index contributed by atoms with van der Waals surface area (Å²) in [5.41, 5.74) is 5.13. The molecule has 0 spiro atoms. The minimum atomic E-state index is -4.63. The average Bonchev–Trinajstić information content (AvgIpc) is 3.36. The van der Waals surface area contributed by atoms with E-state index >= 15 is 0 Å². The molecule has 2 aromatic rings. The fourth-order valence-corrected chi connectivity index (χ4v) is 4.56. The number of nitrogens with two attached hydrogens (primary N) is 1. The zero-order chi connectivity index (χ0) is 20.8. The molecule has 0 radical (unpaired) electrons. The lowest BCUT2D eigenvalue weighted by molar-refractivity contribution is -0.137. The minimum Gasteiger partial charge on any atom is -0.369 e. The molecule has 2 aromatic heterocycles. The maximum Gasteiger partial charge on any atom is 0.421 e. The third kappa shape index (κ3) is 3.73. The van der Waals surface area contributed by atoms with Crippen molar-refractivity contribution in [2.75, 3.05) is 10.6 Å². The molecule has 29 heavy (non-hydrogen) atoms. The number of halogens is 3. The number of aromatic nitrogens is 4. The van der Waals surface area contributed by atoms with Gasteiger partial charge in [0.25, 0.3) is 0 Å². The number of fused-ring (bicyclic) bond motifs is 2. The number of carbonyl (C=O) groups is 1. The molecular formula is C18H22F3N7O. The summed E-state index contributed by atoms with van der Waals surface area (Å²) >= 11 is 0. The van der Waals surface area contributed by atoms with E-state index in [0.717, 1.165) is 25.5 Å². The first kappa shape index (κ1) is 19.5. The highest BCUT2D eigenvalue weighted by Gasteiger charge is 2.51. The van der Waals surface area contributed by atoms with Crippen molar-refractivity contribution in [2.45, 2.75) is 44.9 Å². The number of alkyl halides is 3. The lowest BCUT2D eigenvalue weighted by Gasteiger charge is -2.30. The van der Waals surface area contributed by atoms with Crippen LogP contribution in [0.1, 0.15) is 31.7 Å². The molecule has 2 aliphatic rings. The van der Waals surface area contributed by atoms with Crippen molar-refractivity contribution in [3.05, 3.63) is 24.2 Å². The molecule has 4 N–H and O–H groups in total. The Balaban J connectivity index is 1.63. The largest absolute Gasteiger partial charge is 0.421 e. The summed E-state index contributed by atoms with van der Waals surface area (Å²) in [6, 6.07) is -0.460. The third-order valence-corrected chi connectivity index (χ3v) is 5.86. The minimum absolute atomic E-state index is 0.00920. The van der Waals surface area contributed by atoms with Crippen molar-refractivity contribution >= 4 is 23.4 Å². The smallest absolute Gasteiger partial charge is 0.369 e. The van der Waals surface area contributed by atoms with Crippen LogP contribution in [0.3, 0.4) is 0 Å². The van der Waals surface area contributed by atoms with Crippen molar-refractivity contribution in [2.24, 2.45) is 23.5 Å². The molecule has 2 heterocycles. The molecule has 1 amide bonds. The van der Waals surface area contributed by atoms with Crippen LogP contribution >= 0.6 is 0 Å². The van der Waals surface area contributed by atoms with E-state index in [1.54, 1.807) is 10.9 Å². The van der Waals surface area contributed by atoms with E-state index in [2.05, 4.69) is 25.7 Å². The van der Waals surface area contributed by atoms with Crippen LogP contribution in [0.4, 0.5) is 30.6 Å². The number of rotatable bonds is 6. The summed E-state index contributed by atoms with van der Waals surface area (Å²) in [7, 11) is 0.